The van der Waals surface area contributed by atoms with Crippen LogP contribution in [0.1, 0.15) is 29.5 Å². The van der Waals surface area contributed by atoms with Crippen LogP contribution < -0.4 is 10.2 Å². The van der Waals surface area contributed by atoms with Gasteiger partial charge < -0.3 is 24.9 Å². The number of carbonyl (C=O) groups is 3. The monoisotopic (exact) mass is 539 g/mol. The minimum Gasteiger partial charge on any atom is -0.340 e. The Morgan fingerprint density at radius 1 is 0.900 bits per heavy atom. The lowest BCUT2D eigenvalue weighted by Crippen LogP contribution is -2.58. The SMILES string of the molecule is Cc1cccc(NC(=O)N2CCC3(CC2)C(=O)N(CC(=O)N(C)Cc2ccccc2)CN3c2ccccc2)c1C. The third-order valence-electron chi connectivity index (χ3n) is 8.32. The molecule has 1 spiro atoms. The maximum Gasteiger partial charge on any atom is 0.321 e. The normalized spacial score (nSPS) is 16.4. The van der Waals surface area contributed by atoms with Gasteiger partial charge in [-0.1, -0.05) is 60.7 Å². The summed E-state index contributed by atoms with van der Waals surface area (Å²) >= 11 is 0. The van der Waals surface area contributed by atoms with Crippen LogP contribution in [0.5, 0.6) is 0 Å². The molecule has 2 aliphatic heterocycles. The number of piperidine rings is 1. The number of nitrogens with zero attached hydrogens (tertiary/aromatic N) is 4. The Bertz CT molecular complexity index is 1370. The molecule has 4 amide bonds. The second-order valence-electron chi connectivity index (χ2n) is 10.8. The average molecular weight is 540 g/mol. The van der Waals surface area contributed by atoms with Gasteiger partial charge in [-0.15, -0.1) is 0 Å². The number of amides is 4. The first kappa shape index (κ1) is 27.2. The first-order valence-electron chi connectivity index (χ1n) is 13.8. The summed E-state index contributed by atoms with van der Waals surface area (Å²) in [6, 6.07) is 25.4. The van der Waals surface area contributed by atoms with Gasteiger partial charge in [-0.05, 0) is 61.6 Å². The number of aryl methyl sites for hydroxylation is 1. The lowest BCUT2D eigenvalue weighted by molar-refractivity contribution is -0.140. The van der Waals surface area contributed by atoms with Gasteiger partial charge in [0.1, 0.15) is 12.1 Å². The predicted molar refractivity (Wildman–Crippen MR) is 157 cm³/mol. The maximum absolute atomic E-state index is 14.0. The standard InChI is InChI=1S/C32H37N5O3/c1-24-11-10-16-28(25(24)2)33-31(40)35-19-17-32(18-20-35)30(39)36(23-37(32)27-14-8-5-9-15-27)22-29(38)34(3)21-26-12-6-4-7-13-26/h4-16H,17-23H2,1-3H3,(H,33,40). The summed E-state index contributed by atoms with van der Waals surface area (Å²) in [7, 11) is 1.77. The molecule has 208 valence electrons. The second kappa shape index (κ2) is 11.4. The number of urea groups is 1. The van der Waals surface area contributed by atoms with Crippen molar-refractivity contribution in [1.82, 2.24) is 14.7 Å². The molecule has 0 atom stereocenters. The molecule has 2 aliphatic rings. The molecule has 0 bridgehead atoms. The Labute approximate surface area is 236 Å². The lowest BCUT2D eigenvalue weighted by atomic mass is 9.85. The van der Waals surface area contributed by atoms with Crippen molar-refractivity contribution in [3.05, 3.63) is 95.6 Å². The van der Waals surface area contributed by atoms with E-state index in [0.717, 1.165) is 28.1 Å². The minimum atomic E-state index is -0.796. The Kier molecular flexibility index (Phi) is 7.78. The topological polar surface area (TPSA) is 76.2 Å². The van der Waals surface area contributed by atoms with E-state index in [4.69, 9.17) is 0 Å². The number of hydrogen-bond donors (Lipinski definition) is 1. The molecule has 8 nitrogen and oxygen atoms in total. The largest absolute Gasteiger partial charge is 0.340 e. The highest BCUT2D eigenvalue weighted by Gasteiger charge is 2.54. The summed E-state index contributed by atoms with van der Waals surface area (Å²) in [6.45, 7) is 5.75. The number of rotatable bonds is 6. The van der Waals surface area contributed by atoms with E-state index in [9.17, 15) is 14.4 Å². The zero-order chi connectivity index (χ0) is 28.3. The number of likely N-dealkylation sites (tertiary alicyclic amines) is 1. The number of carbonyl (C=O) groups excluding carboxylic acids is 3. The van der Waals surface area contributed by atoms with Gasteiger partial charge in [0.05, 0.1) is 6.67 Å². The average Bonchev–Trinajstić information content (AvgIpc) is 3.23. The van der Waals surface area contributed by atoms with Crippen LogP contribution in [-0.4, -0.2) is 71.4 Å². The van der Waals surface area contributed by atoms with Gasteiger partial charge in [0, 0.05) is 38.1 Å². The Hall–Kier alpha value is -4.33. The zero-order valence-corrected chi connectivity index (χ0v) is 23.5. The van der Waals surface area contributed by atoms with E-state index >= 15 is 0 Å². The molecule has 2 saturated heterocycles. The van der Waals surface area contributed by atoms with Crippen molar-refractivity contribution in [2.75, 3.05) is 43.6 Å². The van der Waals surface area contributed by atoms with Crippen molar-refractivity contribution in [2.45, 2.75) is 38.8 Å². The highest BCUT2D eigenvalue weighted by molar-refractivity contribution is 5.97. The van der Waals surface area contributed by atoms with Gasteiger partial charge in [0.25, 0.3) is 5.91 Å². The number of anilines is 2. The van der Waals surface area contributed by atoms with Crippen LogP contribution in [0.4, 0.5) is 16.2 Å². The van der Waals surface area contributed by atoms with Gasteiger partial charge in [-0.25, -0.2) is 4.79 Å². The van der Waals surface area contributed by atoms with Crippen LogP contribution in [-0.2, 0) is 16.1 Å². The first-order chi connectivity index (χ1) is 19.3. The zero-order valence-electron chi connectivity index (χ0n) is 23.5. The van der Waals surface area contributed by atoms with Crippen molar-refractivity contribution in [3.63, 3.8) is 0 Å². The Morgan fingerprint density at radius 2 is 1.55 bits per heavy atom. The summed E-state index contributed by atoms with van der Waals surface area (Å²) in [5.41, 5.74) is 4.15. The minimum absolute atomic E-state index is 0.0179. The predicted octanol–water partition coefficient (Wildman–Crippen LogP) is 4.63. The smallest absolute Gasteiger partial charge is 0.321 e. The molecule has 40 heavy (non-hydrogen) atoms. The third-order valence-corrected chi connectivity index (χ3v) is 8.32. The van der Waals surface area contributed by atoms with E-state index in [-0.39, 0.29) is 24.4 Å². The summed E-state index contributed by atoms with van der Waals surface area (Å²) in [5.74, 6) is -0.153. The molecular formula is C32H37N5O3. The molecule has 0 aromatic heterocycles. The van der Waals surface area contributed by atoms with Crippen LogP contribution >= 0.6 is 0 Å². The molecule has 8 heteroatoms. The molecular weight excluding hydrogens is 502 g/mol. The highest BCUT2D eigenvalue weighted by atomic mass is 16.2. The fraction of sp³-hybridized carbons (Fsp3) is 0.344. The van der Waals surface area contributed by atoms with Crippen molar-refractivity contribution < 1.29 is 14.4 Å². The van der Waals surface area contributed by atoms with Crippen molar-refractivity contribution in [1.29, 1.82) is 0 Å². The summed E-state index contributed by atoms with van der Waals surface area (Å²) in [6.07, 6.45) is 0.983. The summed E-state index contributed by atoms with van der Waals surface area (Å²) in [4.78, 5) is 47.6. The number of nitrogens with one attached hydrogen (secondary N) is 1. The molecule has 0 saturated carbocycles. The molecule has 2 heterocycles. The van der Waals surface area contributed by atoms with Crippen LogP contribution in [0.25, 0.3) is 0 Å². The van der Waals surface area contributed by atoms with Gasteiger partial charge in [0.2, 0.25) is 5.91 Å². The second-order valence-corrected chi connectivity index (χ2v) is 10.8. The molecule has 0 radical (unpaired) electrons. The number of hydrogen-bond acceptors (Lipinski definition) is 4. The molecule has 0 aliphatic carbocycles. The van der Waals surface area contributed by atoms with E-state index in [1.807, 2.05) is 92.7 Å². The molecule has 2 fully saturated rings. The lowest BCUT2D eigenvalue weighted by Gasteiger charge is -2.43. The maximum atomic E-state index is 14.0. The van der Waals surface area contributed by atoms with Crippen LogP contribution in [0.3, 0.4) is 0 Å². The first-order valence-corrected chi connectivity index (χ1v) is 13.8. The van der Waals surface area contributed by atoms with E-state index < -0.39 is 5.54 Å². The van der Waals surface area contributed by atoms with Crippen LogP contribution in [0.2, 0.25) is 0 Å². The van der Waals surface area contributed by atoms with E-state index in [1.54, 1.807) is 21.7 Å². The molecule has 3 aromatic carbocycles. The van der Waals surface area contributed by atoms with Gasteiger partial charge >= 0.3 is 6.03 Å². The fourth-order valence-electron chi connectivity index (χ4n) is 5.71. The quantitative estimate of drug-likeness (QED) is 0.496. The van der Waals surface area contributed by atoms with Crippen molar-refractivity contribution in [3.8, 4) is 0 Å². The molecule has 3 aromatic rings. The van der Waals surface area contributed by atoms with Gasteiger partial charge in [-0.3, -0.25) is 9.59 Å². The van der Waals surface area contributed by atoms with E-state index in [1.165, 1.54) is 0 Å². The van der Waals surface area contributed by atoms with Crippen LogP contribution in [0, 0.1) is 13.8 Å². The van der Waals surface area contributed by atoms with Crippen LogP contribution in [0.15, 0.2) is 78.9 Å². The number of para-hydroxylation sites is 1. The van der Waals surface area contributed by atoms with Gasteiger partial charge in [-0.2, -0.15) is 0 Å². The Morgan fingerprint density at radius 3 is 2.23 bits per heavy atom. The fourth-order valence-corrected chi connectivity index (χ4v) is 5.71. The van der Waals surface area contributed by atoms with E-state index in [2.05, 4.69) is 10.2 Å². The number of benzene rings is 3. The van der Waals surface area contributed by atoms with Crippen molar-refractivity contribution >= 4 is 29.2 Å². The molecule has 0 unspecified atom stereocenters. The highest BCUT2D eigenvalue weighted by Crippen LogP contribution is 2.39. The van der Waals surface area contributed by atoms with Crippen molar-refractivity contribution in [2.24, 2.45) is 0 Å². The molecule has 1 N–H and O–H groups in total. The third kappa shape index (κ3) is 5.39. The summed E-state index contributed by atoms with van der Waals surface area (Å²) in [5, 5.41) is 3.05. The molecule has 5 rings (SSSR count). The van der Waals surface area contributed by atoms with Gasteiger partial charge in [0.15, 0.2) is 0 Å². The number of likely N-dealkylation sites (N-methyl/N-ethyl adjacent to an activating group) is 1. The Balaban J connectivity index is 1.30. The summed E-state index contributed by atoms with van der Waals surface area (Å²) < 4.78 is 0. The van der Waals surface area contributed by atoms with E-state index in [0.29, 0.717) is 39.1 Å².